The topological polar surface area (TPSA) is 101 Å². The summed E-state index contributed by atoms with van der Waals surface area (Å²) in [6.45, 7) is 1.10. The quantitative estimate of drug-likeness (QED) is 0.135. The van der Waals surface area contributed by atoms with Crippen molar-refractivity contribution >= 4 is 47.4 Å². The van der Waals surface area contributed by atoms with Crippen LogP contribution in [-0.4, -0.2) is 35.5 Å². The molecule has 8 nitrogen and oxygen atoms in total. The van der Waals surface area contributed by atoms with Crippen molar-refractivity contribution in [3.05, 3.63) is 100 Å². The van der Waals surface area contributed by atoms with E-state index in [1.165, 1.54) is 18.3 Å². The fourth-order valence-electron chi connectivity index (χ4n) is 4.45. The minimum absolute atomic E-state index is 0.104. The number of rotatable bonds is 8. The second-order valence-electron chi connectivity index (χ2n) is 9.58. The van der Waals surface area contributed by atoms with Crippen LogP contribution in [0.3, 0.4) is 0 Å². The molecule has 0 fully saturated rings. The Balaban J connectivity index is 1.63. The molecule has 1 unspecified atom stereocenters. The van der Waals surface area contributed by atoms with Gasteiger partial charge in [0.05, 0.1) is 50.9 Å². The van der Waals surface area contributed by atoms with E-state index in [2.05, 4.69) is 31.6 Å². The molecule has 0 bridgehead atoms. The molecule has 0 amide bonds. The second kappa shape index (κ2) is 11.2. The van der Waals surface area contributed by atoms with Gasteiger partial charge in [0.25, 0.3) is 0 Å². The van der Waals surface area contributed by atoms with Crippen LogP contribution < -0.4 is 21.6 Å². The zero-order valence-corrected chi connectivity index (χ0v) is 22.5. The van der Waals surface area contributed by atoms with Crippen molar-refractivity contribution < 1.29 is 17.6 Å². The number of aromatic nitrogens is 2. The van der Waals surface area contributed by atoms with Gasteiger partial charge in [-0.15, -0.1) is 5.53 Å². The van der Waals surface area contributed by atoms with Gasteiger partial charge in [-0.1, -0.05) is 23.7 Å². The molecule has 0 saturated heterocycles. The fraction of sp³-hybridized carbons (Fsp3) is 0.148. The molecule has 41 heavy (non-hydrogen) atoms. The molecule has 2 aromatic heterocycles. The third-order valence-corrected chi connectivity index (χ3v) is 7.04. The van der Waals surface area contributed by atoms with E-state index in [0.29, 0.717) is 27.9 Å². The zero-order chi connectivity index (χ0) is 29.3. The van der Waals surface area contributed by atoms with Gasteiger partial charge in [-0.25, -0.2) is 18.2 Å². The predicted molar refractivity (Wildman–Crippen MR) is 151 cm³/mol. The Bertz CT molecular complexity index is 1700. The zero-order valence-electron chi connectivity index (χ0n) is 21.7. The van der Waals surface area contributed by atoms with Crippen LogP contribution >= 0.6 is 11.6 Å². The van der Waals surface area contributed by atoms with Crippen molar-refractivity contribution in [2.75, 3.05) is 17.3 Å². The molecule has 2 atom stereocenters. The van der Waals surface area contributed by atoms with E-state index in [0.717, 1.165) is 12.3 Å². The summed E-state index contributed by atoms with van der Waals surface area (Å²) < 4.78 is 54.5. The highest BCUT2D eigenvalue weighted by Crippen LogP contribution is 2.38. The van der Waals surface area contributed by atoms with Crippen molar-refractivity contribution in [1.29, 1.82) is 5.26 Å². The Morgan fingerprint density at radius 2 is 1.88 bits per heavy atom. The lowest BCUT2D eigenvalue weighted by Crippen LogP contribution is -2.47. The first-order chi connectivity index (χ1) is 19.6. The van der Waals surface area contributed by atoms with E-state index in [1.807, 2.05) is 13.9 Å². The minimum atomic E-state index is -1.26. The number of nitrogens with one attached hydrogen (secondary N) is 4. The maximum absolute atomic E-state index is 13.9. The van der Waals surface area contributed by atoms with E-state index < -0.39 is 35.7 Å². The summed E-state index contributed by atoms with van der Waals surface area (Å²) in [6.07, 6.45) is 4.12. The highest BCUT2D eigenvalue weighted by molar-refractivity contribution is 6.36. The molecule has 208 valence electrons. The molecular formula is C27H22BClF4N8. The fourth-order valence-corrected chi connectivity index (χ4v) is 4.71. The molecule has 14 heteroatoms. The average Bonchev–Trinajstić information content (AvgIpc) is 3.46. The molecule has 1 aliphatic heterocycles. The summed E-state index contributed by atoms with van der Waals surface area (Å²) in [4.78, 5) is 7.71. The Morgan fingerprint density at radius 3 is 2.56 bits per heavy atom. The summed E-state index contributed by atoms with van der Waals surface area (Å²) in [5.74, 6) is -2.83. The van der Waals surface area contributed by atoms with E-state index >= 15 is 0 Å². The normalized spacial score (nSPS) is 15.0. The molecule has 4 N–H and O–H groups in total. The summed E-state index contributed by atoms with van der Waals surface area (Å²) in [6, 6.07) is 11.7. The third-order valence-electron chi connectivity index (χ3n) is 6.75. The molecule has 2 aromatic carbocycles. The number of pyridine rings is 2. The maximum atomic E-state index is 13.9. The Kier molecular flexibility index (Phi) is 7.62. The van der Waals surface area contributed by atoms with Gasteiger partial charge in [0, 0.05) is 29.5 Å². The first-order valence-corrected chi connectivity index (χ1v) is 12.7. The van der Waals surface area contributed by atoms with Gasteiger partial charge in [-0.2, -0.15) is 9.65 Å². The van der Waals surface area contributed by atoms with Crippen LogP contribution in [0, 0.1) is 28.9 Å². The monoisotopic (exact) mass is 580 g/mol. The van der Waals surface area contributed by atoms with Gasteiger partial charge < -0.3 is 16.1 Å². The average molecular weight is 581 g/mol. The molecule has 3 heterocycles. The minimum Gasteiger partial charge on any atom is -0.378 e. The number of alkyl halides is 1. The van der Waals surface area contributed by atoms with Crippen LogP contribution in [0.25, 0.3) is 10.9 Å². The summed E-state index contributed by atoms with van der Waals surface area (Å²) in [7, 11) is 1.85. The van der Waals surface area contributed by atoms with E-state index in [-0.39, 0.29) is 22.0 Å². The largest absolute Gasteiger partial charge is 0.378 e. The molecule has 5 rings (SSSR count). The Morgan fingerprint density at radius 1 is 1.12 bits per heavy atom. The van der Waals surface area contributed by atoms with Crippen molar-refractivity contribution in [2.45, 2.75) is 18.4 Å². The van der Waals surface area contributed by atoms with Crippen LogP contribution in [0.2, 0.25) is 5.02 Å². The lowest BCUT2D eigenvalue weighted by Gasteiger charge is -2.34. The summed E-state index contributed by atoms with van der Waals surface area (Å²) in [5.41, 5.74) is 7.52. The number of benzene rings is 2. The maximum Gasteiger partial charge on any atom is 0.249 e. The van der Waals surface area contributed by atoms with Crippen molar-refractivity contribution in [3.63, 3.8) is 0 Å². The number of fused-ring (bicyclic) bond motifs is 1. The van der Waals surface area contributed by atoms with Gasteiger partial charge >= 0.3 is 0 Å². The molecule has 0 aliphatic carbocycles. The van der Waals surface area contributed by atoms with Crippen molar-refractivity contribution in [3.8, 4) is 6.07 Å². The SMILES string of the molecule is BC(Nc1cc(Cl)c2ncc(C#N)c(Nc3cnc(F)c(F)c3)c2c1)(C1=CN([C@@H](C)CF)NN1)c1ccc(F)cc1. The molecule has 0 saturated carbocycles. The smallest absolute Gasteiger partial charge is 0.249 e. The third kappa shape index (κ3) is 5.44. The van der Waals surface area contributed by atoms with Crippen LogP contribution in [-0.2, 0) is 5.44 Å². The van der Waals surface area contributed by atoms with Crippen LogP contribution in [0.4, 0.5) is 34.6 Å². The van der Waals surface area contributed by atoms with Crippen LogP contribution in [0.15, 0.2) is 66.8 Å². The second-order valence-corrected chi connectivity index (χ2v) is 9.99. The molecule has 1 aliphatic rings. The molecular weight excluding hydrogens is 559 g/mol. The molecule has 0 spiro atoms. The van der Waals surface area contributed by atoms with Crippen LogP contribution in [0.5, 0.6) is 0 Å². The molecule has 0 radical (unpaired) electrons. The van der Waals surface area contributed by atoms with Crippen molar-refractivity contribution in [1.82, 2.24) is 25.9 Å². The van der Waals surface area contributed by atoms with Gasteiger partial charge in [0.1, 0.15) is 26.4 Å². The lowest BCUT2D eigenvalue weighted by atomic mass is 9.69. The first-order valence-electron chi connectivity index (χ1n) is 12.4. The number of hydrogen-bond acceptors (Lipinski definition) is 8. The summed E-state index contributed by atoms with van der Waals surface area (Å²) >= 11 is 6.64. The highest BCUT2D eigenvalue weighted by atomic mass is 35.5. The summed E-state index contributed by atoms with van der Waals surface area (Å²) in [5, 5.41) is 18.4. The number of halogens is 5. The van der Waals surface area contributed by atoms with Crippen molar-refractivity contribution in [2.24, 2.45) is 0 Å². The predicted octanol–water partition coefficient (Wildman–Crippen LogP) is 4.74. The number of nitriles is 1. The van der Waals surface area contributed by atoms with Gasteiger partial charge in [-0.3, -0.25) is 9.99 Å². The number of anilines is 3. The number of hydrogen-bond donors (Lipinski definition) is 4. The van der Waals surface area contributed by atoms with E-state index in [9.17, 15) is 22.8 Å². The van der Waals surface area contributed by atoms with Gasteiger partial charge in [0.2, 0.25) is 5.95 Å². The van der Waals surface area contributed by atoms with E-state index in [1.54, 1.807) is 42.4 Å². The van der Waals surface area contributed by atoms with Gasteiger partial charge in [0.15, 0.2) is 5.82 Å². The highest BCUT2D eigenvalue weighted by Gasteiger charge is 2.35. The molecule has 4 aromatic rings. The number of hydrazine groups is 2. The number of nitrogens with zero attached hydrogens (tertiary/aromatic N) is 4. The van der Waals surface area contributed by atoms with Gasteiger partial charge in [-0.05, 0) is 36.8 Å². The first kappa shape index (κ1) is 28.0. The lowest BCUT2D eigenvalue weighted by molar-refractivity contribution is 0.178. The Hall–Kier alpha value is -4.54. The Labute approximate surface area is 238 Å². The standard InChI is InChI=1S/C27H22BClF4N8/c1-14(9-30)41-13-23(39-40-41)27(28,16-2-4-17(31)5-3-16)38-18-6-20-24(37-19-8-22(32)26(33)36-12-19)15(10-34)11-35-25(20)21(29)7-18/h2-8,11-14,38-40H,9,28H2,1H3,(H,35,37)/t14-,27?/m0/s1. The van der Waals surface area contributed by atoms with E-state index in [4.69, 9.17) is 11.6 Å². The van der Waals surface area contributed by atoms with Crippen LogP contribution in [0.1, 0.15) is 18.1 Å².